The Morgan fingerprint density at radius 1 is 1.25 bits per heavy atom. The summed E-state index contributed by atoms with van der Waals surface area (Å²) < 4.78 is 5.08. The molecule has 126 valence electrons. The molecule has 5 nitrogen and oxygen atoms in total. The maximum absolute atomic E-state index is 12.7. The first-order chi connectivity index (χ1) is 11.5. The Morgan fingerprint density at radius 2 is 2.08 bits per heavy atom. The third-order valence-electron chi connectivity index (χ3n) is 4.88. The standard InChI is InChI=1S/C19H21NO4/c1-19(9-3-2-7-16(19)18(22)23)20-17(21)14-6-4-5-13(11-14)15-8-10-24-12-15/h4-6,8,10-12,16H,2-3,7,9H2,1H3,(H,20,21)(H,22,23). The molecule has 1 aromatic carbocycles. The number of hydrogen-bond donors (Lipinski definition) is 2. The van der Waals surface area contributed by atoms with E-state index in [2.05, 4.69) is 5.32 Å². The van der Waals surface area contributed by atoms with Crippen LogP contribution in [0.3, 0.4) is 0 Å². The van der Waals surface area contributed by atoms with Crippen molar-refractivity contribution in [3.05, 3.63) is 48.4 Å². The van der Waals surface area contributed by atoms with E-state index in [-0.39, 0.29) is 5.91 Å². The predicted molar refractivity (Wildman–Crippen MR) is 89.6 cm³/mol. The number of carboxylic acid groups (broad SMARTS) is 1. The normalized spacial score (nSPS) is 23.6. The Hall–Kier alpha value is -2.56. The molecular formula is C19H21NO4. The smallest absolute Gasteiger partial charge is 0.308 e. The van der Waals surface area contributed by atoms with Gasteiger partial charge in [0.05, 0.1) is 24.0 Å². The number of aliphatic carboxylic acids is 1. The van der Waals surface area contributed by atoms with Gasteiger partial charge in [0.15, 0.2) is 0 Å². The zero-order valence-corrected chi connectivity index (χ0v) is 13.6. The fraction of sp³-hybridized carbons (Fsp3) is 0.368. The van der Waals surface area contributed by atoms with Crippen molar-refractivity contribution in [2.45, 2.75) is 38.1 Å². The third-order valence-corrected chi connectivity index (χ3v) is 4.88. The summed E-state index contributed by atoms with van der Waals surface area (Å²) in [6.45, 7) is 1.84. The first-order valence-electron chi connectivity index (χ1n) is 8.17. The van der Waals surface area contributed by atoms with Crippen LogP contribution in [0.15, 0.2) is 47.3 Å². The highest BCUT2D eigenvalue weighted by molar-refractivity contribution is 5.96. The van der Waals surface area contributed by atoms with Crippen molar-refractivity contribution in [3.8, 4) is 11.1 Å². The summed E-state index contributed by atoms with van der Waals surface area (Å²) >= 11 is 0. The number of furan rings is 1. The molecule has 2 unspecified atom stereocenters. The average molecular weight is 327 g/mol. The molecule has 1 aliphatic rings. The van der Waals surface area contributed by atoms with Crippen LogP contribution in [0.2, 0.25) is 0 Å². The average Bonchev–Trinajstić information content (AvgIpc) is 3.09. The summed E-state index contributed by atoms with van der Waals surface area (Å²) in [6.07, 6.45) is 6.30. The highest BCUT2D eigenvalue weighted by Gasteiger charge is 2.42. The van der Waals surface area contributed by atoms with Crippen LogP contribution in [-0.4, -0.2) is 22.5 Å². The van der Waals surface area contributed by atoms with Crippen molar-refractivity contribution in [2.24, 2.45) is 5.92 Å². The number of nitrogens with one attached hydrogen (secondary N) is 1. The van der Waals surface area contributed by atoms with Crippen LogP contribution in [0.4, 0.5) is 0 Å². The Labute approximate surface area is 140 Å². The molecule has 2 atom stereocenters. The SMILES string of the molecule is CC1(NC(=O)c2cccc(-c3ccoc3)c2)CCCCC1C(=O)O. The van der Waals surface area contributed by atoms with E-state index in [0.29, 0.717) is 18.4 Å². The van der Waals surface area contributed by atoms with E-state index in [1.807, 2.05) is 25.1 Å². The number of rotatable bonds is 4. The summed E-state index contributed by atoms with van der Waals surface area (Å²) in [6, 6.07) is 9.09. The lowest BCUT2D eigenvalue weighted by molar-refractivity contribution is -0.145. The van der Waals surface area contributed by atoms with Gasteiger partial charge in [0.2, 0.25) is 0 Å². The lowest BCUT2D eigenvalue weighted by Crippen LogP contribution is -2.55. The molecule has 2 N–H and O–H groups in total. The van der Waals surface area contributed by atoms with Crippen molar-refractivity contribution in [3.63, 3.8) is 0 Å². The number of benzene rings is 1. The summed E-state index contributed by atoms with van der Waals surface area (Å²) in [5, 5.41) is 12.4. The molecular weight excluding hydrogens is 306 g/mol. The quantitative estimate of drug-likeness (QED) is 0.897. The van der Waals surface area contributed by atoms with E-state index in [4.69, 9.17) is 4.42 Å². The van der Waals surface area contributed by atoms with Gasteiger partial charge >= 0.3 is 5.97 Å². The maximum Gasteiger partial charge on any atom is 0.308 e. The first-order valence-corrected chi connectivity index (χ1v) is 8.17. The van der Waals surface area contributed by atoms with Gasteiger partial charge in [0, 0.05) is 11.1 Å². The Morgan fingerprint density at radius 3 is 2.79 bits per heavy atom. The van der Waals surface area contributed by atoms with E-state index in [0.717, 1.165) is 24.0 Å². The molecule has 0 radical (unpaired) electrons. The van der Waals surface area contributed by atoms with Crippen molar-refractivity contribution in [1.29, 1.82) is 0 Å². The van der Waals surface area contributed by atoms with Gasteiger partial charge in [-0.3, -0.25) is 9.59 Å². The second-order valence-corrected chi connectivity index (χ2v) is 6.60. The fourth-order valence-corrected chi connectivity index (χ4v) is 3.48. The molecule has 24 heavy (non-hydrogen) atoms. The van der Waals surface area contributed by atoms with E-state index in [1.165, 1.54) is 0 Å². The highest BCUT2D eigenvalue weighted by atomic mass is 16.4. The Bertz CT molecular complexity index is 738. The summed E-state index contributed by atoms with van der Waals surface area (Å²) in [4.78, 5) is 24.2. The monoisotopic (exact) mass is 327 g/mol. The number of carbonyl (C=O) groups excluding carboxylic acids is 1. The van der Waals surface area contributed by atoms with Crippen molar-refractivity contribution in [1.82, 2.24) is 5.32 Å². The predicted octanol–water partition coefficient (Wildman–Crippen LogP) is 3.71. The van der Waals surface area contributed by atoms with Gasteiger partial charge in [-0.05, 0) is 43.5 Å². The van der Waals surface area contributed by atoms with Gasteiger partial charge in [-0.25, -0.2) is 0 Å². The number of hydrogen-bond acceptors (Lipinski definition) is 3. The van der Waals surface area contributed by atoms with Gasteiger partial charge in [0.25, 0.3) is 5.91 Å². The van der Waals surface area contributed by atoms with Gasteiger partial charge in [-0.15, -0.1) is 0 Å². The van der Waals surface area contributed by atoms with Gasteiger partial charge in [0.1, 0.15) is 0 Å². The van der Waals surface area contributed by atoms with Crippen molar-refractivity contribution >= 4 is 11.9 Å². The van der Waals surface area contributed by atoms with Crippen LogP contribution < -0.4 is 5.32 Å². The van der Waals surface area contributed by atoms with Crippen molar-refractivity contribution in [2.75, 3.05) is 0 Å². The third kappa shape index (κ3) is 3.20. The Balaban J connectivity index is 1.82. The van der Waals surface area contributed by atoms with Crippen LogP contribution in [0, 0.1) is 5.92 Å². The topological polar surface area (TPSA) is 79.5 Å². The van der Waals surface area contributed by atoms with Crippen LogP contribution in [0.5, 0.6) is 0 Å². The number of carbonyl (C=O) groups is 2. The number of carboxylic acids is 1. The summed E-state index contributed by atoms with van der Waals surface area (Å²) in [7, 11) is 0. The molecule has 1 heterocycles. The molecule has 1 amide bonds. The first kappa shape index (κ1) is 16.3. The second kappa shape index (κ2) is 6.51. The van der Waals surface area contributed by atoms with E-state index in [1.54, 1.807) is 24.7 Å². The molecule has 5 heteroatoms. The second-order valence-electron chi connectivity index (χ2n) is 6.60. The fourth-order valence-electron chi connectivity index (χ4n) is 3.48. The molecule has 2 aromatic rings. The maximum atomic E-state index is 12.7. The minimum absolute atomic E-state index is 0.240. The molecule has 1 aromatic heterocycles. The lowest BCUT2D eigenvalue weighted by atomic mass is 9.73. The molecule has 0 aliphatic heterocycles. The molecule has 1 saturated carbocycles. The summed E-state index contributed by atoms with van der Waals surface area (Å²) in [5.74, 6) is -1.63. The minimum Gasteiger partial charge on any atom is -0.481 e. The lowest BCUT2D eigenvalue weighted by Gasteiger charge is -2.39. The van der Waals surface area contributed by atoms with Crippen molar-refractivity contribution < 1.29 is 19.1 Å². The zero-order valence-electron chi connectivity index (χ0n) is 13.6. The largest absolute Gasteiger partial charge is 0.481 e. The summed E-state index contributed by atoms with van der Waals surface area (Å²) in [5.41, 5.74) is 1.59. The molecule has 3 rings (SSSR count). The molecule has 0 spiro atoms. The van der Waals surface area contributed by atoms with E-state index >= 15 is 0 Å². The van der Waals surface area contributed by atoms with Gasteiger partial charge < -0.3 is 14.8 Å². The molecule has 1 aliphatic carbocycles. The van der Waals surface area contributed by atoms with Crippen LogP contribution in [-0.2, 0) is 4.79 Å². The minimum atomic E-state index is -0.843. The molecule has 1 fully saturated rings. The highest BCUT2D eigenvalue weighted by Crippen LogP contribution is 2.34. The van der Waals surface area contributed by atoms with Crippen LogP contribution in [0.1, 0.15) is 43.0 Å². The molecule has 0 saturated heterocycles. The van der Waals surface area contributed by atoms with Gasteiger partial charge in [-0.1, -0.05) is 25.0 Å². The van der Waals surface area contributed by atoms with Crippen LogP contribution in [0.25, 0.3) is 11.1 Å². The number of amides is 1. The van der Waals surface area contributed by atoms with E-state index < -0.39 is 17.4 Å². The Kier molecular flexibility index (Phi) is 4.42. The van der Waals surface area contributed by atoms with E-state index in [9.17, 15) is 14.7 Å². The zero-order chi connectivity index (χ0) is 17.2. The van der Waals surface area contributed by atoms with Crippen LogP contribution >= 0.6 is 0 Å². The molecule has 0 bridgehead atoms. The van der Waals surface area contributed by atoms with Gasteiger partial charge in [-0.2, -0.15) is 0 Å².